The number of amides is 2. The molecule has 0 unspecified atom stereocenters. The minimum absolute atomic E-state index is 0.0263. The second kappa shape index (κ2) is 8.44. The topological polar surface area (TPSA) is 88.2 Å². The van der Waals surface area contributed by atoms with Crippen LogP contribution < -0.4 is 10.6 Å². The molecule has 2 aromatic rings. The highest BCUT2D eigenvalue weighted by atomic mass is 32.2. The largest absolute Gasteiger partial charge is 0.337 e. The molecule has 0 spiro atoms. The second-order valence-electron chi connectivity index (χ2n) is 5.45. The minimum atomic E-state index is -3.27. The Hall–Kier alpha value is -2.41. The van der Waals surface area contributed by atoms with Crippen molar-refractivity contribution in [3.05, 3.63) is 66.0 Å². The van der Waals surface area contributed by atoms with Gasteiger partial charge in [0, 0.05) is 12.7 Å². The molecule has 24 heavy (non-hydrogen) atoms. The summed E-state index contributed by atoms with van der Waals surface area (Å²) in [5.74, 6) is -0.130. The van der Waals surface area contributed by atoms with Crippen molar-refractivity contribution in [1.29, 1.82) is 0 Å². The molecule has 0 fully saturated rings. The summed E-state index contributed by atoms with van der Waals surface area (Å²) in [4.78, 5) is 16.0. The van der Waals surface area contributed by atoms with Crippen LogP contribution in [-0.4, -0.2) is 31.7 Å². The zero-order chi connectivity index (χ0) is 17.4. The smallest absolute Gasteiger partial charge is 0.315 e. The first-order chi connectivity index (χ1) is 11.5. The van der Waals surface area contributed by atoms with E-state index in [0.717, 1.165) is 11.3 Å². The van der Waals surface area contributed by atoms with Gasteiger partial charge in [0.15, 0.2) is 9.84 Å². The molecule has 0 bridgehead atoms. The van der Waals surface area contributed by atoms with Crippen molar-refractivity contribution in [2.45, 2.75) is 18.7 Å². The van der Waals surface area contributed by atoms with Crippen LogP contribution in [0, 0.1) is 0 Å². The molecule has 2 rings (SSSR count). The molecular formula is C17H21N3O3S. The zero-order valence-electron chi connectivity index (χ0n) is 13.5. The molecule has 0 aliphatic heterocycles. The number of urea groups is 1. The molecule has 1 heterocycles. The van der Waals surface area contributed by atoms with Crippen LogP contribution in [0.25, 0.3) is 0 Å². The summed E-state index contributed by atoms with van der Waals surface area (Å²) in [7, 11) is -3.27. The molecule has 0 aliphatic rings. The van der Waals surface area contributed by atoms with Crippen molar-refractivity contribution in [2.24, 2.45) is 0 Å². The van der Waals surface area contributed by atoms with Crippen LogP contribution in [0.3, 0.4) is 0 Å². The van der Waals surface area contributed by atoms with Gasteiger partial charge < -0.3 is 10.6 Å². The standard InChI is InChI=1S/C17H21N3O3S/c1-14(16-9-5-6-10-18-16)20-17(21)19-11-12-24(22,23)13-15-7-3-2-4-8-15/h2-10,14H,11-13H2,1H3,(H2,19,20,21)/t14-/m0/s1. The zero-order valence-corrected chi connectivity index (χ0v) is 14.3. The highest BCUT2D eigenvalue weighted by Gasteiger charge is 2.14. The number of carbonyl (C=O) groups is 1. The van der Waals surface area contributed by atoms with E-state index in [1.165, 1.54) is 0 Å². The van der Waals surface area contributed by atoms with E-state index in [9.17, 15) is 13.2 Å². The van der Waals surface area contributed by atoms with E-state index in [0.29, 0.717) is 0 Å². The first kappa shape index (κ1) is 17.9. The maximum atomic E-state index is 12.0. The average Bonchev–Trinajstić information content (AvgIpc) is 2.56. The van der Waals surface area contributed by atoms with E-state index in [-0.39, 0.29) is 24.1 Å². The third-order valence-electron chi connectivity index (χ3n) is 3.41. The number of hydrogen-bond donors (Lipinski definition) is 2. The summed E-state index contributed by atoms with van der Waals surface area (Å²) in [5.41, 5.74) is 1.48. The summed E-state index contributed by atoms with van der Waals surface area (Å²) < 4.78 is 24.1. The number of carbonyl (C=O) groups excluding carboxylic acids is 1. The normalized spacial score (nSPS) is 12.4. The van der Waals surface area contributed by atoms with Gasteiger partial charge in [-0.3, -0.25) is 4.98 Å². The molecule has 2 amide bonds. The Morgan fingerprint density at radius 2 is 1.83 bits per heavy atom. The van der Waals surface area contributed by atoms with Crippen LogP contribution >= 0.6 is 0 Å². The highest BCUT2D eigenvalue weighted by Crippen LogP contribution is 2.07. The molecule has 2 N–H and O–H groups in total. The number of hydrogen-bond acceptors (Lipinski definition) is 4. The van der Waals surface area contributed by atoms with Gasteiger partial charge in [0.05, 0.1) is 23.2 Å². The highest BCUT2D eigenvalue weighted by molar-refractivity contribution is 7.90. The van der Waals surface area contributed by atoms with Crippen molar-refractivity contribution in [3.63, 3.8) is 0 Å². The van der Waals surface area contributed by atoms with Crippen molar-refractivity contribution in [3.8, 4) is 0 Å². The molecule has 0 aliphatic carbocycles. The lowest BCUT2D eigenvalue weighted by atomic mass is 10.2. The molecule has 1 aromatic carbocycles. The van der Waals surface area contributed by atoms with Crippen LogP contribution in [-0.2, 0) is 15.6 Å². The summed E-state index contributed by atoms with van der Waals surface area (Å²) in [5, 5.41) is 5.29. The Bertz CT molecular complexity index is 749. The molecule has 128 valence electrons. The molecule has 7 heteroatoms. The van der Waals surface area contributed by atoms with Gasteiger partial charge in [0.1, 0.15) is 0 Å². The molecule has 1 aromatic heterocycles. The van der Waals surface area contributed by atoms with Crippen LogP contribution in [0.2, 0.25) is 0 Å². The quantitative estimate of drug-likeness (QED) is 0.802. The molecule has 0 radical (unpaired) electrons. The van der Waals surface area contributed by atoms with Crippen LogP contribution in [0.4, 0.5) is 4.79 Å². The maximum Gasteiger partial charge on any atom is 0.315 e. The van der Waals surface area contributed by atoms with E-state index in [2.05, 4.69) is 15.6 Å². The fraction of sp³-hybridized carbons (Fsp3) is 0.294. The monoisotopic (exact) mass is 347 g/mol. The third-order valence-corrected chi connectivity index (χ3v) is 5.01. The fourth-order valence-electron chi connectivity index (χ4n) is 2.17. The summed E-state index contributed by atoms with van der Waals surface area (Å²) in [6.45, 7) is 1.88. The first-order valence-electron chi connectivity index (χ1n) is 7.66. The summed E-state index contributed by atoms with van der Waals surface area (Å²) in [6.07, 6.45) is 1.65. The fourth-order valence-corrected chi connectivity index (χ4v) is 3.43. The lowest BCUT2D eigenvalue weighted by Crippen LogP contribution is -2.39. The Morgan fingerprint density at radius 1 is 1.12 bits per heavy atom. The van der Waals surface area contributed by atoms with Crippen molar-refractivity contribution >= 4 is 15.9 Å². The third kappa shape index (κ3) is 6.00. The maximum absolute atomic E-state index is 12.0. The Labute approximate surface area is 142 Å². The molecule has 0 saturated heterocycles. The number of nitrogens with one attached hydrogen (secondary N) is 2. The van der Waals surface area contributed by atoms with Gasteiger partial charge in [-0.2, -0.15) is 0 Å². The predicted molar refractivity (Wildman–Crippen MR) is 93.1 cm³/mol. The van der Waals surface area contributed by atoms with Gasteiger partial charge in [-0.15, -0.1) is 0 Å². The molecular weight excluding hydrogens is 326 g/mol. The van der Waals surface area contributed by atoms with Gasteiger partial charge in [-0.05, 0) is 24.6 Å². The molecule has 0 saturated carbocycles. The molecule has 1 atom stereocenters. The Morgan fingerprint density at radius 3 is 2.50 bits per heavy atom. The van der Waals surface area contributed by atoms with Crippen LogP contribution in [0.1, 0.15) is 24.2 Å². The van der Waals surface area contributed by atoms with Crippen LogP contribution in [0.5, 0.6) is 0 Å². The van der Waals surface area contributed by atoms with Crippen molar-refractivity contribution < 1.29 is 13.2 Å². The predicted octanol–water partition coefficient (Wildman–Crippen LogP) is 2.06. The number of aromatic nitrogens is 1. The SMILES string of the molecule is C[C@H](NC(=O)NCCS(=O)(=O)Cc1ccccc1)c1ccccn1. The lowest BCUT2D eigenvalue weighted by Gasteiger charge is -2.14. The Kier molecular flexibility index (Phi) is 6.31. The van der Waals surface area contributed by atoms with Crippen LogP contribution in [0.15, 0.2) is 54.7 Å². The second-order valence-corrected chi connectivity index (χ2v) is 7.64. The first-order valence-corrected chi connectivity index (χ1v) is 9.48. The molecule has 6 nitrogen and oxygen atoms in total. The summed E-state index contributed by atoms with van der Waals surface area (Å²) >= 11 is 0. The van der Waals surface area contributed by atoms with Gasteiger partial charge >= 0.3 is 6.03 Å². The number of benzene rings is 1. The van der Waals surface area contributed by atoms with E-state index < -0.39 is 15.9 Å². The van der Waals surface area contributed by atoms with E-state index >= 15 is 0 Å². The van der Waals surface area contributed by atoms with E-state index in [4.69, 9.17) is 0 Å². The van der Waals surface area contributed by atoms with E-state index in [1.54, 1.807) is 36.5 Å². The van der Waals surface area contributed by atoms with Crippen molar-refractivity contribution in [2.75, 3.05) is 12.3 Å². The Balaban J connectivity index is 1.76. The number of rotatable bonds is 7. The van der Waals surface area contributed by atoms with Gasteiger partial charge in [0.2, 0.25) is 0 Å². The minimum Gasteiger partial charge on any atom is -0.337 e. The average molecular weight is 347 g/mol. The van der Waals surface area contributed by atoms with Gasteiger partial charge in [-0.1, -0.05) is 36.4 Å². The van der Waals surface area contributed by atoms with E-state index in [1.807, 2.05) is 25.1 Å². The van der Waals surface area contributed by atoms with Gasteiger partial charge in [0.25, 0.3) is 0 Å². The summed E-state index contributed by atoms with van der Waals surface area (Å²) in [6, 6.07) is 13.8. The number of pyridine rings is 1. The van der Waals surface area contributed by atoms with Crippen molar-refractivity contribution in [1.82, 2.24) is 15.6 Å². The lowest BCUT2D eigenvalue weighted by molar-refractivity contribution is 0.238. The van der Waals surface area contributed by atoms with Gasteiger partial charge in [-0.25, -0.2) is 13.2 Å². The number of sulfone groups is 1. The number of nitrogens with zero attached hydrogens (tertiary/aromatic N) is 1.